The minimum atomic E-state index is -0.619. The zero-order chi connectivity index (χ0) is 18.0. The lowest BCUT2D eigenvalue weighted by molar-refractivity contribution is -0.122. The number of ether oxygens (including phenoxy) is 1. The van der Waals surface area contributed by atoms with Crippen molar-refractivity contribution in [3.05, 3.63) is 70.7 Å². The number of amides is 1. The molecule has 0 saturated heterocycles. The number of carbonyl (C=O) groups excluding carboxylic acids is 1. The molecule has 0 aromatic heterocycles. The predicted molar refractivity (Wildman–Crippen MR) is 104 cm³/mol. The van der Waals surface area contributed by atoms with E-state index in [9.17, 15) is 4.79 Å². The Bertz CT molecular complexity index is 913. The summed E-state index contributed by atoms with van der Waals surface area (Å²) in [6.45, 7) is 5.57. The van der Waals surface area contributed by atoms with Gasteiger partial charge in [-0.3, -0.25) is 4.79 Å². The number of nitrogens with one attached hydrogen (secondary N) is 1. The maximum atomic E-state index is 12.4. The van der Waals surface area contributed by atoms with Crippen LogP contribution < -0.4 is 10.1 Å². The van der Waals surface area contributed by atoms with Crippen molar-refractivity contribution in [2.45, 2.75) is 26.9 Å². The smallest absolute Gasteiger partial charge is 0.265 e. The number of halogens is 1. The standard InChI is InChI=1S/C21H20ClNO2/c1-13-10-19(11-14(2)20(13)22)25-15(3)21(24)23-18-9-8-16-6-4-5-7-17(16)12-18/h4-12,15H,1-3H3,(H,23,24)/t15-/m0/s1. The van der Waals surface area contributed by atoms with Crippen LogP contribution in [-0.2, 0) is 4.79 Å². The molecule has 0 aliphatic heterocycles. The second-order valence-corrected chi connectivity index (χ2v) is 6.56. The quantitative estimate of drug-likeness (QED) is 0.671. The van der Waals surface area contributed by atoms with Crippen molar-refractivity contribution in [3.8, 4) is 5.75 Å². The van der Waals surface area contributed by atoms with Gasteiger partial charge in [-0.15, -0.1) is 0 Å². The largest absolute Gasteiger partial charge is 0.481 e. The highest BCUT2D eigenvalue weighted by Gasteiger charge is 2.16. The van der Waals surface area contributed by atoms with E-state index in [1.54, 1.807) is 6.92 Å². The Morgan fingerprint density at radius 1 is 1.00 bits per heavy atom. The Hall–Kier alpha value is -2.52. The molecule has 3 nitrogen and oxygen atoms in total. The van der Waals surface area contributed by atoms with Crippen LogP contribution in [0.4, 0.5) is 5.69 Å². The fraction of sp³-hybridized carbons (Fsp3) is 0.190. The zero-order valence-corrected chi connectivity index (χ0v) is 15.2. The minimum Gasteiger partial charge on any atom is -0.481 e. The molecule has 25 heavy (non-hydrogen) atoms. The van der Waals surface area contributed by atoms with Crippen molar-refractivity contribution in [2.75, 3.05) is 5.32 Å². The first kappa shape index (κ1) is 17.3. The first-order valence-electron chi connectivity index (χ1n) is 8.17. The summed E-state index contributed by atoms with van der Waals surface area (Å²) in [4.78, 5) is 12.4. The molecule has 1 amide bonds. The molecule has 0 spiro atoms. The summed E-state index contributed by atoms with van der Waals surface area (Å²) in [5.41, 5.74) is 2.61. The second-order valence-electron chi connectivity index (χ2n) is 6.18. The Balaban J connectivity index is 1.71. The number of carbonyl (C=O) groups is 1. The third kappa shape index (κ3) is 3.94. The van der Waals surface area contributed by atoms with Gasteiger partial charge in [0.1, 0.15) is 5.75 Å². The summed E-state index contributed by atoms with van der Waals surface area (Å²) in [6, 6.07) is 17.5. The molecule has 0 heterocycles. The van der Waals surface area contributed by atoms with Crippen LogP contribution in [0, 0.1) is 13.8 Å². The first-order valence-corrected chi connectivity index (χ1v) is 8.55. The minimum absolute atomic E-state index is 0.194. The topological polar surface area (TPSA) is 38.3 Å². The van der Waals surface area contributed by atoms with Crippen LogP contribution in [0.1, 0.15) is 18.1 Å². The van der Waals surface area contributed by atoms with E-state index in [4.69, 9.17) is 16.3 Å². The molecule has 0 aliphatic carbocycles. The summed E-state index contributed by atoms with van der Waals surface area (Å²) in [5, 5.41) is 5.84. The van der Waals surface area contributed by atoms with Gasteiger partial charge in [0.25, 0.3) is 5.91 Å². The van der Waals surface area contributed by atoms with E-state index in [0.717, 1.165) is 32.6 Å². The van der Waals surface area contributed by atoms with Gasteiger partial charge in [-0.25, -0.2) is 0 Å². The van der Waals surface area contributed by atoms with Crippen molar-refractivity contribution >= 4 is 34.0 Å². The molecule has 1 atom stereocenters. The monoisotopic (exact) mass is 353 g/mol. The summed E-state index contributed by atoms with van der Waals surface area (Å²) >= 11 is 6.17. The fourth-order valence-corrected chi connectivity index (χ4v) is 2.85. The summed E-state index contributed by atoms with van der Waals surface area (Å²) < 4.78 is 5.78. The van der Waals surface area contributed by atoms with Crippen molar-refractivity contribution in [1.29, 1.82) is 0 Å². The predicted octanol–water partition coefficient (Wildman–Crippen LogP) is 5.52. The van der Waals surface area contributed by atoms with E-state index >= 15 is 0 Å². The van der Waals surface area contributed by atoms with Gasteiger partial charge >= 0.3 is 0 Å². The number of aryl methyl sites for hydroxylation is 2. The van der Waals surface area contributed by atoms with E-state index in [2.05, 4.69) is 5.32 Å². The maximum Gasteiger partial charge on any atom is 0.265 e. The van der Waals surface area contributed by atoms with E-state index in [1.807, 2.05) is 68.4 Å². The van der Waals surface area contributed by atoms with E-state index in [1.165, 1.54) is 0 Å². The van der Waals surface area contributed by atoms with Crippen LogP contribution in [0.2, 0.25) is 5.02 Å². The Kier molecular flexibility index (Phi) is 4.95. The number of hydrogen-bond donors (Lipinski definition) is 1. The summed E-state index contributed by atoms with van der Waals surface area (Å²) in [6.07, 6.45) is -0.619. The van der Waals surface area contributed by atoms with Gasteiger partial charge in [0.05, 0.1) is 0 Å². The lowest BCUT2D eigenvalue weighted by atomic mass is 10.1. The van der Waals surface area contributed by atoms with Crippen LogP contribution in [0.25, 0.3) is 10.8 Å². The van der Waals surface area contributed by atoms with Crippen LogP contribution in [0.15, 0.2) is 54.6 Å². The molecule has 0 fully saturated rings. The van der Waals surface area contributed by atoms with Gasteiger partial charge in [-0.1, -0.05) is 41.9 Å². The lowest BCUT2D eigenvalue weighted by Gasteiger charge is -2.16. The molecule has 128 valence electrons. The zero-order valence-electron chi connectivity index (χ0n) is 14.5. The molecule has 3 rings (SSSR count). The second kappa shape index (κ2) is 7.16. The Morgan fingerprint density at radius 2 is 1.64 bits per heavy atom. The van der Waals surface area contributed by atoms with Crippen LogP contribution in [0.5, 0.6) is 5.75 Å². The number of rotatable bonds is 4. The summed E-state index contributed by atoms with van der Waals surface area (Å²) in [7, 11) is 0. The molecule has 0 radical (unpaired) electrons. The molecule has 4 heteroatoms. The number of anilines is 1. The van der Waals surface area contributed by atoms with Gasteiger partial charge in [-0.2, -0.15) is 0 Å². The molecular weight excluding hydrogens is 334 g/mol. The van der Waals surface area contributed by atoms with E-state index in [-0.39, 0.29) is 5.91 Å². The van der Waals surface area contributed by atoms with Gasteiger partial charge < -0.3 is 10.1 Å². The van der Waals surface area contributed by atoms with Gasteiger partial charge in [-0.05, 0) is 66.9 Å². The number of fused-ring (bicyclic) bond motifs is 1. The van der Waals surface area contributed by atoms with Crippen molar-refractivity contribution < 1.29 is 9.53 Å². The normalized spacial score (nSPS) is 12.0. The number of benzene rings is 3. The van der Waals surface area contributed by atoms with Crippen LogP contribution in [0.3, 0.4) is 0 Å². The molecule has 1 N–H and O–H groups in total. The average molecular weight is 354 g/mol. The highest BCUT2D eigenvalue weighted by Crippen LogP contribution is 2.26. The van der Waals surface area contributed by atoms with Crippen LogP contribution in [-0.4, -0.2) is 12.0 Å². The van der Waals surface area contributed by atoms with Gasteiger partial charge in [0, 0.05) is 10.7 Å². The van der Waals surface area contributed by atoms with Crippen molar-refractivity contribution in [3.63, 3.8) is 0 Å². The Labute approximate surface area is 152 Å². The molecule has 0 bridgehead atoms. The van der Waals surface area contributed by atoms with Crippen molar-refractivity contribution in [2.24, 2.45) is 0 Å². The maximum absolute atomic E-state index is 12.4. The SMILES string of the molecule is Cc1cc(O[C@@H](C)C(=O)Nc2ccc3ccccc3c2)cc(C)c1Cl. The highest BCUT2D eigenvalue weighted by molar-refractivity contribution is 6.32. The molecule has 3 aromatic carbocycles. The van der Waals surface area contributed by atoms with E-state index < -0.39 is 6.10 Å². The first-order chi connectivity index (χ1) is 11.9. The third-order valence-electron chi connectivity index (χ3n) is 4.11. The average Bonchev–Trinajstić information content (AvgIpc) is 2.59. The molecule has 0 unspecified atom stereocenters. The molecule has 3 aromatic rings. The number of hydrogen-bond acceptors (Lipinski definition) is 2. The third-order valence-corrected chi connectivity index (χ3v) is 4.71. The molecule has 0 saturated carbocycles. The van der Waals surface area contributed by atoms with Gasteiger partial charge in [0.2, 0.25) is 0 Å². The van der Waals surface area contributed by atoms with Gasteiger partial charge in [0.15, 0.2) is 6.10 Å². The van der Waals surface area contributed by atoms with Crippen molar-refractivity contribution in [1.82, 2.24) is 0 Å². The van der Waals surface area contributed by atoms with E-state index in [0.29, 0.717) is 5.75 Å². The summed E-state index contributed by atoms with van der Waals surface area (Å²) in [5.74, 6) is 0.445. The highest BCUT2D eigenvalue weighted by atomic mass is 35.5. The fourth-order valence-electron chi connectivity index (χ4n) is 2.74. The lowest BCUT2D eigenvalue weighted by Crippen LogP contribution is -2.30. The van der Waals surface area contributed by atoms with Crippen LogP contribution >= 0.6 is 11.6 Å². The Morgan fingerprint density at radius 3 is 2.32 bits per heavy atom. The molecule has 0 aliphatic rings. The molecular formula is C21H20ClNO2.